The smallest absolute Gasteiger partial charge is 0.308 e. The number of benzene rings is 2. The van der Waals surface area contributed by atoms with Gasteiger partial charge in [0.2, 0.25) is 0 Å². The fourth-order valence-corrected chi connectivity index (χ4v) is 2.98. The van der Waals surface area contributed by atoms with Crippen molar-refractivity contribution in [2.45, 2.75) is 19.4 Å². The molecule has 25 heavy (non-hydrogen) atoms. The zero-order chi connectivity index (χ0) is 17.6. The van der Waals surface area contributed by atoms with Crippen LogP contribution in [0.15, 0.2) is 54.6 Å². The lowest BCUT2D eigenvalue weighted by molar-refractivity contribution is -0.143. The van der Waals surface area contributed by atoms with Gasteiger partial charge in [-0.15, -0.1) is 0 Å². The molecule has 0 saturated carbocycles. The van der Waals surface area contributed by atoms with Crippen LogP contribution >= 0.6 is 0 Å². The molecule has 1 N–H and O–H groups in total. The van der Waals surface area contributed by atoms with Crippen molar-refractivity contribution in [1.29, 1.82) is 0 Å². The van der Waals surface area contributed by atoms with Gasteiger partial charge >= 0.3 is 5.97 Å². The number of ether oxygens (including phenoxy) is 1. The number of rotatable bonds is 5. The zero-order valence-electron chi connectivity index (χ0n) is 13.9. The number of likely N-dealkylation sites (tertiary alicyclic amines) is 1. The van der Waals surface area contributed by atoms with E-state index in [0.29, 0.717) is 30.9 Å². The summed E-state index contributed by atoms with van der Waals surface area (Å²) in [5.41, 5.74) is 1.63. The van der Waals surface area contributed by atoms with E-state index in [1.165, 1.54) is 0 Å². The Bertz CT molecular complexity index is 727. The molecule has 5 nitrogen and oxygen atoms in total. The molecule has 0 bridgehead atoms. The number of nitrogens with zero attached hydrogens (tertiary/aromatic N) is 1. The Balaban J connectivity index is 1.59. The second kappa shape index (κ2) is 7.83. The second-order valence-electron chi connectivity index (χ2n) is 6.23. The minimum atomic E-state index is -0.831. The monoisotopic (exact) mass is 339 g/mol. The summed E-state index contributed by atoms with van der Waals surface area (Å²) in [5, 5.41) is 9.14. The standard InChI is InChI=1S/C20H21NO4/c22-19(21-12-4-7-17(13-21)20(23)24)16-8-10-18(11-9-16)25-14-15-5-2-1-3-6-15/h1-3,5-6,8-11,17H,4,7,12-14H2,(H,23,24)/t17-/m0/s1. The van der Waals surface area contributed by atoms with Crippen LogP contribution in [-0.2, 0) is 11.4 Å². The van der Waals surface area contributed by atoms with E-state index in [4.69, 9.17) is 9.84 Å². The number of hydrogen-bond acceptors (Lipinski definition) is 3. The van der Waals surface area contributed by atoms with Crippen LogP contribution in [0.25, 0.3) is 0 Å². The summed E-state index contributed by atoms with van der Waals surface area (Å²) in [7, 11) is 0. The van der Waals surface area contributed by atoms with Gasteiger partial charge in [-0.3, -0.25) is 9.59 Å². The van der Waals surface area contributed by atoms with Gasteiger partial charge in [0.25, 0.3) is 5.91 Å². The van der Waals surface area contributed by atoms with Crippen molar-refractivity contribution in [1.82, 2.24) is 4.90 Å². The molecule has 1 aliphatic heterocycles. The van der Waals surface area contributed by atoms with Gasteiger partial charge in [-0.2, -0.15) is 0 Å². The molecule has 1 fully saturated rings. The molecule has 130 valence electrons. The third kappa shape index (κ3) is 4.38. The van der Waals surface area contributed by atoms with E-state index in [-0.39, 0.29) is 12.5 Å². The van der Waals surface area contributed by atoms with E-state index in [1.807, 2.05) is 30.3 Å². The van der Waals surface area contributed by atoms with Crippen LogP contribution in [0.3, 0.4) is 0 Å². The SMILES string of the molecule is O=C(O)[C@H]1CCCN(C(=O)c2ccc(OCc3ccccc3)cc2)C1. The lowest BCUT2D eigenvalue weighted by atomic mass is 9.97. The van der Waals surface area contributed by atoms with E-state index in [0.717, 1.165) is 12.0 Å². The lowest BCUT2D eigenvalue weighted by Gasteiger charge is -2.30. The van der Waals surface area contributed by atoms with Gasteiger partial charge in [-0.25, -0.2) is 0 Å². The predicted molar refractivity (Wildman–Crippen MR) is 93.5 cm³/mol. The van der Waals surface area contributed by atoms with Crippen LogP contribution in [-0.4, -0.2) is 35.0 Å². The summed E-state index contributed by atoms with van der Waals surface area (Å²) < 4.78 is 5.72. The maximum absolute atomic E-state index is 12.6. The Labute approximate surface area is 146 Å². The first kappa shape index (κ1) is 17.0. The van der Waals surface area contributed by atoms with Crippen molar-refractivity contribution >= 4 is 11.9 Å². The van der Waals surface area contributed by atoms with Crippen LogP contribution < -0.4 is 4.74 Å². The number of hydrogen-bond donors (Lipinski definition) is 1. The molecule has 3 rings (SSSR count). The Morgan fingerprint density at radius 3 is 2.48 bits per heavy atom. The summed E-state index contributed by atoms with van der Waals surface area (Å²) in [6.07, 6.45) is 1.35. The zero-order valence-corrected chi connectivity index (χ0v) is 13.9. The molecule has 1 amide bonds. The van der Waals surface area contributed by atoms with E-state index < -0.39 is 11.9 Å². The van der Waals surface area contributed by atoms with Gasteiger partial charge in [0, 0.05) is 18.7 Å². The Kier molecular flexibility index (Phi) is 5.33. The molecular weight excluding hydrogens is 318 g/mol. The van der Waals surface area contributed by atoms with Gasteiger partial charge in [-0.05, 0) is 42.7 Å². The van der Waals surface area contributed by atoms with Crippen molar-refractivity contribution in [3.05, 3.63) is 65.7 Å². The first-order chi connectivity index (χ1) is 12.1. The van der Waals surface area contributed by atoms with E-state index in [9.17, 15) is 9.59 Å². The average molecular weight is 339 g/mol. The number of carbonyl (C=O) groups is 2. The van der Waals surface area contributed by atoms with Gasteiger partial charge in [0.05, 0.1) is 5.92 Å². The molecule has 2 aromatic carbocycles. The third-order valence-electron chi connectivity index (χ3n) is 4.41. The molecule has 0 aromatic heterocycles. The normalized spacial score (nSPS) is 17.1. The highest BCUT2D eigenvalue weighted by Gasteiger charge is 2.28. The van der Waals surface area contributed by atoms with E-state index in [2.05, 4.69) is 0 Å². The molecule has 0 unspecified atom stereocenters. The molecule has 5 heteroatoms. The maximum atomic E-state index is 12.6. The molecule has 0 aliphatic carbocycles. The Hall–Kier alpha value is -2.82. The number of aliphatic carboxylic acids is 1. The highest BCUT2D eigenvalue weighted by atomic mass is 16.5. The van der Waals surface area contributed by atoms with Crippen LogP contribution in [0.4, 0.5) is 0 Å². The molecule has 1 saturated heterocycles. The van der Waals surface area contributed by atoms with Crippen molar-refractivity contribution < 1.29 is 19.4 Å². The molecule has 1 atom stereocenters. The summed E-state index contributed by atoms with van der Waals surface area (Å²) >= 11 is 0. The van der Waals surface area contributed by atoms with Gasteiger partial charge < -0.3 is 14.7 Å². The Morgan fingerprint density at radius 1 is 1.08 bits per heavy atom. The second-order valence-corrected chi connectivity index (χ2v) is 6.23. The molecule has 1 heterocycles. The van der Waals surface area contributed by atoms with Gasteiger partial charge in [0.15, 0.2) is 0 Å². The number of piperidine rings is 1. The average Bonchev–Trinajstić information content (AvgIpc) is 2.67. The minimum Gasteiger partial charge on any atom is -0.489 e. The van der Waals surface area contributed by atoms with Crippen LogP contribution in [0, 0.1) is 5.92 Å². The third-order valence-corrected chi connectivity index (χ3v) is 4.41. The van der Waals surface area contributed by atoms with E-state index in [1.54, 1.807) is 29.2 Å². The largest absolute Gasteiger partial charge is 0.489 e. The van der Waals surface area contributed by atoms with Crippen LogP contribution in [0.2, 0.25) is 0 Å². The number of carboxylic acids is 1. The van der Waals surface area contributed by atoms with Crippen molar-refractivity contribution in [3.63, 3.8) is 0 Å². The van der Waals surface area contributed by atoms with Crippen molar-refractivity contribution in [2.24, 2.45) is 5.92 Å². The molecule has 1 aliphatic rings. The summed E-state index contributed by atoms with van der Waals surface area (Å²) in [4.78, 5) is 25.3. The van der Waals surface area contributed by atoms with Gasteiger partial charge in [-0.1, -0.05) is 30.3 Å². The fraction of sp³-hybridized carbons (Fsp3) is 0.300. The molecule has 0 radical (unpaired) electrons. The van der Waals surface area contributed by atoms with Gasteiger partial charge in [0.1, 0.15) is 12.4 Å². The number of carboxylic acid groups (broad SMARTS) is 1. The highest BCUT2D eigenvalue weighted by Crippen LogP contribution is 2.20. The highest BCUT2D eigenvalue weighted by molar-refractivity contribution is 5.94. The quantitative estimate of drug-likeness (QED) is 0.908. The first-order valence-corrected chi connectivity index (χ1v) is 8.42. The maximum Gasteiger partial charge on any atom is 0.308 e. The van der Waals surface area contributed by atoms with Crippen molar-refractivity contribution in [3.8, 4) is 5.75 Å². The molecule has 0 spiro atoms. The number of amides is 1. The van der Waals surface area contributed by atoms with Crippen LogP contribution in [0.1, 0.15) is 28.8 Å². The Morgan fingerprint density at radius 2 is 1.80 bits per heavy atom. The number of carbonyl (C=O) groups excluding carboxylic acids is 1. The summed E-state index contributed by atoms with van der Waals surface area (Å²) in [6, 6.07) is 16.9. The minimum absolute atomic E-state index is 0.124. The predicted octanol–water partition coefficient (Wildman–Crippen LogP) is 3.20. The summed E-state index contributed by atoms with van der Waals surface area (Å²) in [5.74, 6) is -0.726. The van der Waals surface area contributed by atoms with Crippen LogP contribution in [0.5, 0.6) is 5.75 Å². The fourth-order valence-electron chi connectivity index (χ4n) is 2.98. The lowest BCUT2D eigenvalue weighted by Crippen LogP contribution is -2.42. The van der Waals surface area contributed by atoms with Crippen molar-refractivity contribution in [2.75, 3.05) is 13.1 Å². The molecule has 2 aromatic rings. The summed E-state index contributed by atoms with van der Waals surface area (Å²) in [6.45, 7) is 1.36. The first-order valence-electron chi connectivity index (χ1n) is 8.42. The molecular formula is C20H21NO4. The van der Waals surface area contributed by atoms with E-state index >= 15 is 0 Å². The topological polar surface area (TPSA) is 66.8 Å².